The summed E-state index contributed by atoms with van der Waals surface area (Å²) < 4.78 is 11.1. The molecule has 2 heterocycles. The van der Waals surface area contributed by atoms with Crippen LogP contribution >= 0.6 is 0 Å². The van der Waals surface area contributed by atoms with E-state index < -0.39 is 17.9 Å². The number of nitrogens with zero attached hydrogens (tertiary/aromatic N) is 1. The summed E-state index contributed by atoms with van der Waals surface area (Å²) in [5.74, 6) is 0.117. The van der Waals surface area contributed by atoms with Gasteiger partial charge in [0.05, 0.1) is 5.56 Å². The molecule has 2 N–H and O–H groups in total. The number of amides is 2. The van der Waals surface area contributed by atoms with Gasteiger partial charge in [-0.1, -0.05) is 36.4 Å². The third kappa shape index (κ3) is 3.02. The predicted molar refractivity (Wildman–Crippen MR) is 93.7 cm³/mol. The van der Waals surface area contributed by atoms with Crippen molar-refractivity contribution < 1.29 is 19.1 Å². The topological polar surface area (TPSA) is 89.6 Å². The molecule has 0 spiro atoms. The largest absolute Gasteiger partial charge is 0.485 e. The first-order valence-electron chi connectivity index (χ1n) is 8.04. The number of hydrazine groups is 1. The number of rotatable bonds is 2. The molecule has 7 nitrogen and oxygen atoms in total. The number of carbonyl (C=O) groups is 2. The van der Waals surface area contributed by atoms with Crippen molar-refractivity contribution in [3.63, 3.8) is 0 Å². The van der Waals surface area contributed by atoms with E-state index in [2.05, 4.69) is 15.8 Å². The Morgan fingerprint density at radius 1 is 0.962 bits per heavy atom. The zero-order valence-corrected chi connectivity index (χ0v) is 13.6. The van der Waals surface area contributed by atoms with Crippen LogP contribution in [0.25, 0.3) is 10.8 Å². The Morgan fingerprint density at radius 2 is 1.73 bits per heavy atom. The molecular formula is C19H15N3O4. The fourth-order valence-electron chi connectivity index (χ4n) is 2.71. The van der Waals surface area contributed by atoms with Crippen LogP contribution in [0.5, 0.6) is 11.5 Å². The van der Waals surface area contributed by atoms with E-state index in [0.717, 1.165) is 10.8 Å². The molecule has 0 aliphatic carbocycles. The number of para-hydroxylation sites is 2. The maximum atomic E-state index is 12.4. The van der Waals surface area contributed by atoms with Gasteiger partial charge >= 0.3 is 0 Å². The molecule has 4 rings (SSSR count). The highest BCUT2D eigenvalue weighted by molar-refractivity contribution is 6.06. The molecule has 1 aliphatic heterocycles. The molecule has 2 aromatic carbocycles. The summed E-state index contributed by atoms with van der Waals surface area (Å²) in [5, 5.41) is 1.59. The molecule has 1 aromatic heterocycles. The quantitative estimate of drug-likeness (QED) is 0.689. The molecular weight excluding hydrogens is 334 g/mol. The van der Waals surface area contributed by atoms with Crippen LogP contribution in [-0.2, 0) is 4.79 Å². The minimum atomic E-state index is -0.851. The first-order chi connectivity index (χ1) is 12.7. The Morgan fingerprint density at radius 3 is 2.62 bits per heavy atom. The normalized spacial score (nSPS) is 15.3. The van der Waals surface area contributed by atoms with Crippen molar-refractivity contribution in [2.75, 3.05) is 6.61 Å². The number of hydrogen-bond donors (Lipinski definition) is 2. The standard InChI is InChI=1S/C19H15N3O4/c23-18(14-10-20-9-12-5-1-2-6-13(12)14)21-22-19(24)17-11-25-15-7-3-4-8-16(15)26-17/h1-10,17H,11H2,(H,21,23)(H,22,24). The summed E-state index contributed by atoms with van der Waals surface area (Å²) in [4.78, 5) is 28.7. The molecule has 0 saturated carbocycles. The van der Waals surface area contributed by atoms with Crippen LogP contribution in [0, 0.1) is 0 Å². The van der Waals surface area contributed by atoms with Crippen LogP contribution in [0.3, 0.4) is 0 Å². The molecule has 7 heteroatoms. The van der Waals surface area contributed by atoms with E-state index in [0.29, 0.717) is 17.1 Å². The number of ether oxygens (including phenoxy) is 2. The molecule has 1 unspecified atom stereocenters. The third-order valence-electron chi connectivity index (χ3n) is 4.01. The number of fused-ring (bicyclic) bond motifs is 2. The van der Waals surface area contributed by atoms with Crippen molar-refractivity contribution in [2.24, 2.45) is 0 Å². The molecule has 0 fully saturated rings. The molecule has 2 amide bonds. The van der Waals surface area contributed by atoms with Crippen LogP contribution in [-0.4, -0.2) is 29.5 Å². The lowest BCUT2D eigenvalue weighted by atomic mass is 10.1. The van der Waals surface area contributed by atoms with E-state index >= 15 is 0 Å². The second-order valence-corrected chi connectivity index (χ2v) is 5.72. The Labute approximate surface area is 148 Å². The van der Waals surface area contributed by atoms with Crippen LogP contribution in [0.4, 0.5) is 0 Å². The second-order valence-electron chi connectivity index (χ2n) is 5.72. The third-order valence-corrected chi connectivity index (χ3v) is 4.01. The number of pyridine rings is 1. The molecule has 130 valence electrons. The fourth-order valence-corrected chi connectivity index (χ4v) is 2.71. The van der Waals surface area contributed by atoms with E-state index in [9.17, 15) is 9.59 Å². The lowest BCUT2D eigenvalue weighted by Crippen LogP contribution is -2.50. The summed E-state index contributed by atoms with van der Waals surface area (Å²) in [6.07, 6.45) is 2.28. The highest BCUT2D eigenvalue weighted by Gasteiger charge is 2.27. The maximum absolute atomic E-state index is 12.4. The van der Waals surface area contributed by atoms with Gasteiger partial charge in [0.1, 0.15) is 6.61 Å². The van der Waals surface area contributed by atoms with Crippen molar-refractivity contribution in [3.05, 3.63) is 66.5 Å². The maximum Gasteiger partial charge on any atom is 0.283 e. The summed E-state index contributed by atoms with van der Waals surface area (Å²) in [7, 11) is 0. The average molecular weight is 349 g/mol. The molecule has 1 atom stereocenters. The number of aromatic nitrogens is 1. The number of benzene rings is 2. The zero-order chi connectivity index (χ0) is 17.9. The Balaban J connectivity index is 1.42. The van der Waals surface area contributed by atoms with Crippen molar-refractivity contribution in [1.29, 1.82) is 0 Å². The fraction of sp³-hybridized carbons (Fsp3) is 0.105. The zero-order valence-electron chi connectivity index (χ0n) is 13.6. The van der Waals surface area contributed by atoms with Gasteiger partial charge in [-0.25, -0.2) is 0 Å². The van der Waals surface area contributed by atoms with Crippen molar-refractivity contribution in [3.8, 4) is 11.5 Å². The van der Waals surface area contributed by atoms with E-state index in [1.54, 1.807) is 24.4 Å². The summed E-state index contributed by atoms with van der Waals surface area (Å²) in [6.45, 7) is 0.0640. The smallest absolute Gasteiger partial charge is 0.283 e. The van der Waals surface area contributed by atoms with E-state index in [-0.39, 0.29) is 6.61 Å². The Hall–Kier alpha value is -3.61. The molecule has 1 aliphatic rings. The van der Waals surface area contributed by atoms with Gasteiger partial charge in [-0.3, -0.25) is 25.4 Å². The van der Waals surface area contributed by atoms with E-state index in [1.165, 1.54) is 6.20 Å². The molecule has 0 bridgehead atoms. The van der Waals surface area contributed by atoms with Crippen LogP contribution in [0.2, 0.25) is 0 Å². The molecule has 26 heavy (non-hydrogen) atoms. The van der Waals surface area contributed by atoms with Gasteiger partial charge in [-0.05, 0) is 17.5 Å². The number of hydrogen-bond acceptors (Lipinski definition) is 5. The second kappa shape index (κ2) is 6.72. The van der Waals surface area contributed by atoms with Gasteiger partial charge < -0.3 is 9.47 Å². The number of carbonyl (C=O) groups excluding carboxylic acids is 2. The first-order valence-corrected chi connectivity index (χ1v) is 8.04. The van der Waals surface area contributed by atoms with Crippen molar-refractivity contribution >= 4 is 22.6 Å². The van der Waals surface area contributed by atoms with Crippen LogP contribution < -0.4 is 20.3 Å². The van der Waals surface area contributed by atoms with Crippen LogP contribution in [0.15, 0.2) is 60.9 Å². The van der Waals surface area contributed by atoms with Gasteiger partial charge in [0.2, 0.25) is 6.10 Å². The van der Waals surface area contributed by atoms with Crippen LogP contribution in [0.1, 0.15) is 10.4 Å². The van der Waals surface area contributed by atoms with Gasteiger partial charge in [0.25, 0.3) is 11.8 Å². The highest BCUT2D eigenvalue weighted by atomic mass is 16.6. The lowest BCUT2D eigenvalue weighted by molar-refractivity contribution is -0.131. The van der Waals surface area contributed by atoms with E-state index in [4.69, 9.17) is 9.47 Å². The summed E-state index contributed by atoms with van der Waals surface area (Å²) in [6, 6.07) is 14.5. The minimum Gasteiger partial charge on any atom is -0.485 e. The Kier molecular flexibility index (Phi) is 4.10. The minimum absolute atomic E-state index is 0.0640. The van der Waals surface area contributed by atoms with Crippen molar-refractivity contribution in [2.45, 2.75) is 6.10 Å². The van der Waals surface area contributed by atoms with Gasteiger partial charge in [0, 0.05) is 17.8 Å². The monoisotopic (exact) mass is 349 g/mol. The Bertz CT molecular complexity index is 984. The SMILES string of the molecule is O=C(NNC(=O)C1COc2ccccc2O1)c1cncc2ccccc12. The number of nitrogens with one attached hydrogen (secondary N) is 2. The predicted octanol–water partition coefficient (Wildman–Crippen LogP) is 1.84. The first kappa shape index (κ1) is 15.9. The molecule has 0 radical (unpaired) electrons. The summed E-state index contributed by atoms with van der Waals surface area (Å²) >= 11 is 0. The average Bonchev–Trinajstić information content (AvgIpc) is 2.71. The lowest BCUT2D eigenvalue weighted by Gasteiger charge is -2.25. The summed E-state index contributed by atoms with van der Waals surface area (Å²) in [5.41, 5.74) is 5.14. The molecule has 3 aromatic rings. The highest BCUT2D eigenvalue weighted by Crippen LogP contribution is 2.30. The molecule has 0 saturated heterocycles. The van der Waals surface area contributed by atoms with E-state index in [1.807, 2.05) is 30.3 Å². The van der Waals surface area contributed by atoms with Gasteiger partial charge in [-0.2, -0.15) is 0 Å². The van der Waals surface area contributed by atoms with Gasteiger partial charge in [-0.15, -0.1) is 0 Å². The van der Waals surface area contributed by atoms with Crippen molar-refractivity contribution in [1.82, 2.24) is 15.8 Å². The van der Waals surface area contributed by atoms with Gasteiger partial charge in [0.15, 0.2) is 11.5 Å².